The molecule has 1 aromatic rings. The van der Waals surface area contributed by atoms with Crippen LogP contribution in [0.4, 0.5) is 0 Å². The van der Waals surface area contributed by atoms with Crippen molar-refractivity contribution in [1.29, 1.82) is 0 Å². The molecule has 0 radical (unpaired) electrons. The number of carbonyl (C=O) groups is 1. The van der Waals surface area contributed by atoms with Gasteiger partial charge in [0.2, 0.25) is 6.04 Å². The number of rotatable bonds is 1. The maximum Gasteiger partial charge on any atom is 0.238 e. The van der Waals surface area contributed by atoms with Crippen LogP contribution in [0.5, 0.6) is 0 Å². The maximum atomic E-state index is 11.7. The van der Waals surface area contributed by atoms with Crippen LogP contribution in [0.2, 0.25) is 0 Å². The summed E-state index contributed by atoms with van der Waals surface area (Å²) in [6.07, 6.45) is 1.47. The Morgan fingerprint density at radius 3 is 2.80 bits per heavy atom. The van der Waals surface area contributed by atoms with Gasteiger partial charge in [-0.25, -0.2) is 0 Å². The van der Waals surface area contributed by atoms with E-state index in [9.17, 15) is 14.9 Å². The number of hydrogen-bond donors (Lipinski definition) is 0. The Morgan fingerprint density at radius 2 is 2.07 bits per heavy atom. The molecule has 78 valence electrons. The fraction of sp³-hybridized carbons (Fsp3) is 0.364. The molecule has 0 saturated carbocycles. The van der Waals surface area contributed by atoms with Crippen molar-refractivity contribution < 1.29 is 9.72 Å². The molecule has 0 heterocycles. The van der Waals surface area contributed by atoms with Crippen molar-refractivity contribution in [1.82, 2.24) is 0 Å². The first-order valence-corrected chi connectivity index (χ1v) is 4.96. The molecule has 1 aromatic carbocycles. The molecular weight excluding hydrogens is 194 g/mol. The van der Waals surface area contributed by atoms with Crippen LogP contribution < -0.4 is 0 Å². The predicted molar refractivity (Wildman–Crippen MR) is 54.4 cm³/mol. The minimum atomic E-state index is -0.715. The summed E-state index contributed by atoms with van der Waals surface area (Å²) in [5.74, 6) is 0.0231. The minimum Gasteiger partial charge on any atom is -0.294 e. The Bertz CT molecular complexity index is 414. The summed E-state index contributed by atoms with van der Waals surface area (Å²) in [6.45, 7) is 0. The van der Waals surface area contributed by atoms with Gasteiger partial charge in [-0.1, -0.05) is 24.3 Å². The normalized spacial score (nSPS) is 20.5. The Kier molecular flexibility index (Phi) is 2.49. The third-order valence-corrected chi connectivity index (χ3v) is 2.76. The minimum absolute atomic E-state index is 0.0231. The second-order valence-corrected chi connectivity index (χ2v) is 3.70. The van der Waals surface area contributed by atoms with Gasteiger partial charge >= 0.3 is 0 Å². The summed E-state index contributed by atoms with van der Waals surface area (Å²) in [4.78, 5) is 22.2. The van der Waals surface area contributed by atoms with Crippen molar-refractivity contribution in [2.75, 3.05) is 0 Å². The summed E-state index contributed by atoms with van der Waals surface area (Å²) in [6, 6.07) is 6.14. The highest BCUT2D eigenvalue weighted by Crippen LogP contribution is 2.30. The van der Waals surface area contributed by atoms with Crippen LogP contribution in [0.3, 0.4) is 0 Å². The van der Waals surface area contributed by atoms with Gasteiger partial charge in [0.15, 0.2) is 5.78 Å². The highest BCUT2D eigenvalue weighted by atomic mass is 16.6. The first kappa shape index (κ1) is 9.83. The number of fused-ring (bicyclic) bond motifs is 1. The quantitative estimate of drug-likeness (QED) is 0.401. The van der Waals surface area contributed by atoms with E-state index in [2.05, 4.69) is 0 Å². The lowest BCUT2D eigenvalue weighted by atomic mass is 9.99. The fourth-order valence-electron chi connectivity index (χ4n) is 2.01. The van der Waals surface area contributed by atoms with Crippen LogP contribution in [0.15, 0.2) is 24.3 Å². The Morgan fingerprint density at radius 1 is 1.33 bits per heavy atom. The van der Waals surface area contributed by atoms with Gasteiger partial charge in [0.25, 0.3) is 0 Å². The molecule has 1 aliphatic carbocycles. The molecule has 0 N–H and O–H groups in total. The number of hydrogen-bond acceptors (Lipinski definition) is 3. The van der Waals surface area contributed by atoms with E-state index >= 15 is 0 Å². The number of nitro groups is 1. The zero-order chi connectivity index (χ0) is 10.8. The zero-order valence-corrected chi connectivity index (χ0v) is 8.18. The Balaban J connectivity index is 2.52. The molecule has 0 spiro atoms. The first-order chi connectivity index (χ1) is 7.20. The molecule has 15 heavy (non-hydrogen) atoms. The molecule has 0 bridgehead atoms. The first-order valence-electron chi connectivity index (χ1n) is 4.96. The lowest BCUT2D eigenvalue weighted by Gasteiger charge is -2.08. The molecule has 0 aliphatic heterocycles. The lowest BCUT2D eigenvalue weighted by Crippen LogP contribution is -2.11. The van der Waals surface area contributed by atoms with Gasteiger partial charge in [0, 0.05) is 28.9 Å². The van der Waals surface area contributed by atoms with Gasteiger partial charge in [-0.05, 0) is 6.42 Å². The maximum absolute atomic E-state index is 11.7. The molecule has 0 amide bonds. The fourth-order valence-corrected chi connectivity index (χ4v) is 2.01. The van der Waals surface area contributed by atoms with Gasteiger partial charge in [-0.2, -0.15) is 0 Å². The second kappa shape index (κ2) is 3.81. The Labute approximate surface area is 87.1 Å². The summed E-state index contributed by atoms with van der Waals surface area (Å²) in [7, 11) is 0. The predicted octanol–water partition coefficient (Wildman–Crippen LogP) is 2.37. The van der Waals surface area contributed by atoms with Gasteiger partial charge in [-0.15, -0.1) is 0 Å². The molecule has 1 atom stereocenters. The summed E-state index contributed by atoms with van der Waals surface area (Å²) in [5, 5.41) is 10.9. The number of carbonyl (C=O) groups excluding carboxylic acids is 1. The van der Waals surface area contributed by atoms with E-state index in [0.717, 1.165) is 0 Å². The van der Waals surface area contributed by atoms with Crippen molar-refractivity contribution in [3.05, 3.63) is 45.5 Å². The summed E-state index contributed by atoms with van der Waals surface area (Å²) in [5.41, 5.74) is 1.10. The topological polar surface area (TPSA) is 60.2 Å². The monoisotopic (exact) mass is 205 g/mol. The molecule has 1 unspecified atom stereocenters. The third kappa shape index (κ3) is 1.75. The van der Waals surface area contributed by atoms with Gasteiger partial charge < -0.3 is 0 Å². The average Bonchev–Trinajstić information content (AvgIpc) is 2.39. The standard InChI is InChI=1S/C11H11NO3/c13-11-7-3-6-10(12(14)15)8-4-1-2-5-9(8)11/h1-2,4-5,10H,3,6-7H2. The van der Waals surface area contributed by atoms with Crippen LogP contribution in [0.25, 0.3) is 0 Å². The van der Waals surface area contributed by atoms with Crippen molar-refractivity contribution in [3.8, 4) is 0 Å². The molecular formula is C11H11NO3. The molecule has 4 nitrogen and oxygen atoms in total. The van der Waals surface area contributed by atoms with Crippen molar-refractivity contribution >= 4 is 5.78 Å². The van der Waals surface area contributed by atoms with E-state index < -0.39 is 6.04 Å². The summed E-state index contributed by atoms with van der Waals surface area (Å²) >= 11 is 0. The molecule has 0 saturated heterocycles. The second-order valence-electron chi connectivity index (χ2n) is 3.70. The highest BCUT2D eigenvalue weighted by molar-refractivity contribution is 5.97. The highest BCUT2D eigenvalue weighted by Gasteiger charge is 2.30. The average molecular weight is 205 g/mol. The van der Waals surface area contributed by atoms with E-state index in [1.165, 1.54) is 0 Å². The van der Waals surface area contributed by atoms with Crippen LogP contribution in [-0.2, 0) is 0 Å². The number of nitrogens with zero attached hydrogens (tertiary/aromatic N) is 1. The van der Waals surface area contributed by atoms with Crippen molar-refractivity contribution in [2.24, 2.45) is 0 Å². The van der Waals surface area contributed by atoms with E-state index in [-0.39, 0.29) is 10.7 Å². The molecule has 0 fully saturated rings. The van der Waals surface area contributed by atoms with Crippen LogP contribution in [0, 0.1) is 10.1 Å². The smallest absolute Gasteiger partial charge is 0.238 e. The zero-order valence-electron chi connectivity index (χ0n) is 8.18. The lowest BCUT2D eigenvalue weighted by molar-refractivity contribution is -0.530. The SMILES string of the molecule is O=C1CCCC([N+](=O)[O-])c2ccccc21. The molecule has 1 aliphatic rings. The van der Waals surface area contributed by atoms with Crippen molar-refractivity contribution in [3.63, 3.8) is 0 Å². The number of Topliss-reactive ketones (excluding diaryl/α,β-unsaturated/α-hetero) is 1. The van der Waals surface area contributed by atoms with Crippen LogP contribution in [0.1, 0.15) is 41.2 Å². The molecule has 4 heteroatoms. The van der Waals surface area contributed by atoms with Gasteiger partial charge in [0.05, 0.1) is 0 Å². The Hall–Kier alpha value is -1.71. The van der Waals surface area contributed by atoms with E-state index in [4.69, 9.17) is 0 Å². The number of ketones is 1. The van der Waals surface area contributed by atoms with Gasteiger partial charge in [0.1, 0.15) is 0 Å². The van der Waals surface area contributed by atoms with Crippen LogP contribution in [-0.4, -0.2) is 10.7 Å². The largest absolute Gasteiger partial charge is 0.294 e. The molecule has 0 aromatic heterocycles. The van der Waals surface area contributed by atoms with E-state index in [0.29, 0.717) is 30.4 Å². The van der Waals surface area contributed by atoms with E-state index in [1.807, 2.05) is 0 Å². The summed E-state index contributed by atoms with van der Waals surface area (Å²) < 4.78 is 0. The molecule has 2 rings (SSSR count). The third-order valence-electron chi connectivity index (χ3n) is 2.76. The van der Waals surface area contributed by atoms with Crippen LogP contribution >= 0.6 is 0 Å². The van der Waals surface area contributed by atoms with Gasteiger partial charge in [-0.3, -0.25) is 14.9 Å². The van der Waals surface area contributed by atoms with Crippen molar-refractivity contribution in [2.45, 2.75) is 25.3 Å². The van der Waals surface area contributed by atoms with E-state index in [1.54, 1.807) is 24.3 Å². The number of benzene rings is 1.